The van der Waals surface area contributed by atoms with Crippen molar-refractivity contribution in [3.05, 3.63) is 22.9 Å². The number of carbonyl (C=O) groups is 1. The van der Waals surface area contributed by atoms with Gasteiger partial charge in [0.2, 0.25) is 0 Å². The van der Waals surface area contributed by atoms with Gasteiger partial charge in [0.25, 0.3) is 0 Å². The molecule has 1 atom stereocenters. The zero-order chi connectivity index (χ0) is 17.3. The van der Waals surface area contributed by atoms with Gasteiger partial charge in [0.05, 0.1) is 11.5 Å². The largest absolute Gasteiger partial charge is 0.393 e. The Morgan fingerprint density at radius 1 is 1.42 bits per heavy atom. The van der Waals surface area contributed by atoms with Crippen LogP contribution in [-0.4, -0.2) is 47.1 Å². The van der Waals surface area contributed by atoms with E-state index in [0.717, 1.165) is 24.8 Å². The smallest absolute Gasteiger partial charge is 0.322 e. The van der Waals surface area contributed by atoms with E-state index in [2.05, 4.69) is 10.6 Å². The van der Waals surface area contributed by atoms with E-state index >= 15 is 0 Å². The maximum Gasteiger partial charge on any atom is 0.322 e. The van der Waals surface area contributed by atoms with Gasteiger partial charge in [0.1, 0.15) is 11.0 Å². The Kier molecular flexibility index (Phi) is 4.88. The molecule has 3 rings (SSSR count). The minimum atomic E-state index is -0.397. The van der Waals surface area contributed by atoms with Gasteiger partial charge < -0.3 is 15.3 Å². The van der Waals surface area contributed by atoms with Gasteiger partial charge in [-0.05, 0) is 44.3 Å². The normalized spacial score (nSPS) is 26.6. The van der Waals surface area contributed by atoms with Gasteiger partial charge >= 0.3 is 6.03 Å². The molecule has 1 saturated heterocycles. The van der Waals surface area contributed by atoms with Gasteiger partial charge in [0.15, 0.2) is 0 Å². The zero-order valence-electron chi connectivity index (χ0n) is 13.9. The maximum absolute atomic E-state index is 12.4. The highest BCUT2D eigenvalue weighted by molar-refractivity contribution is 6.29. The van der Waals surface area contributed by atoms with Crippen molar-refractivity contribution in [3.8, 4) is 0 Å². The van der Waals surface area contributed by atoms with Gasteiger partial charge in [-0.25, -0.2) is 4.79 Å². The first-order chi connectivity index (χ1) is 11.4. The van der Waals surface area contributed by atoms with Crippen LogP contribution in [0.2, 0.25) is 0 Å². The third kappa shape index (κ3) is 3.17. The van der Waals surface area contributed by atoms with Crippen LogP contribution in [0.1, 0.15) is 39.0 Å². The Bertz CT molecular complexity index is 589. The van der Waals surface area contributed by atoms with Crippen molar-refractivity contribution in [1.82, 2.24) is 15.5 Å². The molecule has 3 aliphatic rings. The molecule has 0 radical (unpaired) electrons. The van der Waals surface area contributed by atoms with Crippen molar-refractivity contribution in [3.63, 3.8) is 0 Å². The minimum absolute atomic E-state index is 0.0465. The summed E-state index contributed by atoms with van der Waals surface area (Å²) in [4.78, 5) is 14.1. The summed E-state index contributed by atoms with van der Waals surface area (Å²) in [6, 6.07) is -0.186. The minimum Gasteiger partial charge on any atom is -0.393 e. The number of likely N-dealkylation sites (tertiary alicyclic amines) is 1. The van der Waals surface area contributed by atoms with Crippen LogP contribution in [-0.2, 0) is 0 Å². The van der Waals surface area contributed by atoms with Crippen LogP contribution in [0.4, 0.5) is 4.79 Å². The third-order valence-electron chi connectivity index (χ3n) is 5.45. The molecule has 2 aliphatic heterocycles. The zero-order valence-corrected chi connectivity index (χ0v) is 14.7. The van der Waals surface area contributed by atoms with E-state index in [1.54, 1.807) is 4.90 Å². The summed E-state index contributed by atoms with van der Waals surface area (Å²) < 4.78 is 0. The van der Waals surface area contributed by atoms with Gasteiger partial charge in [-0.3, -0.25) is 10.7 Å². The first-order valence-electron chi connectivity index (χ1n) is 8.60. The Morgan fingerprint density at radius 3 is 2.62 bits per heavy atom. The van der Waals surface area contributed by atoms with E-state index in [9.17, 15) is 9.90 Å². The van der Waals surface area contributed by atoms with E-state index in [4.69, 9.17) is 17.0 Å². The number of amidine groups is 1. The molecule has 132 valence electrons. The number of piperidine rings is 1. The molecule has 0 aromatic heterocycles. The van der Waals surface area contributed by atoms with Crippen molar-refractivity contribution < 1.29 is 9.90 Å². The Balaban J connectivity index is 1.69. The number of hydrogen-bond donors (Lipinski definition) is 4. The second-order valence-electron chi connectivity index (χ2n) is 6.96. The molecule has 0 bridgehead atoms. The molecule has 0 aromatic rings. The van der Waals surface area contributed by atoms with Crippen molar-refractivity contribution in [2.75, 3.05) is 13.1 Å². The Morgan fingerprint density at radius 2 is 2.08 bits per heavy atom. The van der Waals surface area contributed by atoms with E-state index in [-0.39, 0.29) is 24.0 Å². The Labute approximate surface area is 147 Å². The molecule has 24 heavy (non-hydrogen) atoms. The molecule has 2 amide bonds. The molecule has 0 aromatic carbocycles. The lowest BCUT2D eigenvalue weighted by molar-refractivity contribution is 0.0946. The molecule has 2 heterocycles. The van der Waals surface area contributed by atoms with E-state index < -0.39 is 5.41 Å². The van der Waals surface area contributed by atoms with Gasteiger partial charge in [0, 0.05) is 19.1 Å². The van der Waals surface area contributed by atoms with Crippen LogP contribution < -0.4 is 10.6 Å². The second-order valence-corrected chi connectivity index (χ2v) is 7.37. The highest BCUT2D eigenvalue weighted by Gasteiger charge is 2.47. The average molecular weight is 353 g/mol. The van der Waals surface area contributed by atoms with Gasteiger partial charge in [-0.2, -0.15) is 0 Å². The van der Waals surface area contributed by atoms with Gasteiger partial charge in [-0.1, -0.05) is 24.1 Å². The SMILES string of the molecule is CC1NC(Cl)=CC=C1C1(C(=N)NC(=O)N2CCC(O)CC2)CCC1. The predicted molar refractivity (Wildman–Crippen MR) is 94.0 cm³/mol. The summed E-state index contributed by atoms with van der Waals surface area (Å²) >= 11 is 6.02. The summed E-state index contributed by atoms with van der Waals surface area (Å²) in [7, 11) is 0. The summed E-state index contributed by atoms with van der Waals surface area (Å²) in [5, 5.41) is 24.7. The first-order valence-corrected chi connectivity index (χ1v) is 8.97. The van der Waals surface area contributed by atoms with Crippen LogP contribution in [0.15, 0.2) is 22.9 Å². The summed E-state index contributed by atoms with van der Waals surface area (Å²) in [5.74, 6) is 0.274. The number of carbonyl (C=O) groups excluding carboxylic acids is 1. The lowest BCUT2D eigenvalue weighted by Gasteiger charge is -2.47. The molecule has 1 unspecified atom stereocenters. The van der Waals surface area contributed by atoms with Crippen LogP contribution >= 0.6 is 11.6 Å². The number of aliphatic hydroxyl groups is 1. The quantitative estimate of drug-likeness (QED) is 0.349. The standard InChI is InChI=1S/C17H25ClN4O2/c1-11-13(3-4-14(18)20-11)17(7-2-8-17)15(19)21-16(24)22-9-5-12(23)6-10-22/h3-4,11-12,20,23H,2,5-10H2,1H3,(H2,19,21,24). The maximum atomic E-state index is 12.4. The Hall–Kier alpha value is -1.53. The van der Waals surface area contributed by atoms with E-state index in [0.29, 0.717) is 31.1 Å². The number of nitrogens with one attached hydrogen (secondary N) is 3. The van der Waals surface area contributed by atoms with Crippen molar-refractivity contribution >= 4 is 23.5 Å². The molecule has 4 N–H and O–H groups in total. The van der Waals surface area contributed by atoms with E-state index in [1.165, 1.54) is 0 Å². The van der Waals surface area contributed by atoms with Crippen LogP contribution in [0.5, 0.6) is 0 Å². The molecular weight excluding hydrogens is 328 g/mol. The third-order valence-corrected chi connectivity index (χ3v) is 5.69. The fourth-order valence-corrected chi connectivity index (χ4v) is 4.03. The lowest BCUT2D eigenvalue weighted by atomic mass is 9.61. The predicted octanol–water partition coefficient (Wildman–Crippen LogP) is 2.30. The fourth-order valence-electron chi connectivity index (χ4n) is 3.80. The number of halogens is 1. The van der Waals surface area contributed by atoms with Crippen molar-refractivity contribution in [1.29, 1.82) is 5.41 Å². The van der Waals surface area contributed by atoms with Crippen LogP contribution in [0.25, 0.3) is 0 Å². The number of rotatable bonds is 2. The van der Waals surface area contributed by atoms with Crippen LogP contribution in [0, 0.1) is 10.8 Å². The highest BCUT2D eigenvalue weighted by Crippen LogP contribution is 2.49. The molecule has 2 fully saturated rings. The number of allylic oxidation sites excluding steroid dienone is 2. The lowest BCUT2D eigenvalue weighted by Crippen LogP contribution is -2.55. The highest BCUT2D eigenvalue weighted by atomic mass is 35.5. The number of hydrogen-bond acceptors (Lipinski definition) is 4. The number of urea groups is 1. The van der Waals surface area contributed by atoms with Gasteiger partial charge in [-0.15, -0.1) is 0 Å². The number of nitrogens with zero attached hydrogens (tertiary/aromatic N) is 1. The molecule has 1 saturated carbocycles. The number of dihydropyridines is 1. The number of aliphatic hydroxyl groups excluding tert-OH is 1. The average Bonchev–Trinajstić information content (AvgIpc) is 2.48. The first kappa shape index (κ1) is 17.3. The van der Waals surface area contributed by atoms with E-state index in [1.807, 2.05) is 19.1 Å². The molecule has 7 heteroatoms. The van der Waals surface area contributed by atoms with Crippen LogP contribution in [0.3, 0.4) is 0 Å². The fraction of sp³-hybridized carbons (Fsp3) is 0.647. The second kappa shape index (κ2) is 6.76. The summed E-state index contributed by atoms with van der Waals surface area (Å²) in [6.07, 6.45) is 7.47. The van der Waals surface area contributed by atoms with Crippen molar-refractivity contribution in [2.24, 2.45) is 5.41 Å². The molecule has 0 spiro atoms. The summed E-state index contributed by atoms with van der Waals surface area (Å²) in [6.45, 7) is 3.10. The number of amides is 2. The molecular formula is C17H25ClN4O2. The summed E-state index contributed by atoms with van der Waals surface area (Å²) in [5.41, 5.74) is 0.711. The molecule has 6 nitrogen and oxygen atoms in total. The monoisotopic (exact) mass is 352 g/mol. The van der Waals surface area contributed by atoms with Crippen molar-refractivity contribution in [2.45, 2.75) is 51.2 Å². The topological polar surface area (TPSA) is 88.5 Å². The molecule has 1 aliphatic carbocycles.